The molecule has 0 amide bonds. The lowest BCUT2D eigenvalue weighted by Crippen LogP contribution is -2.26. The minimum absolute atomic E-state index is 0.146. The molecular formula is C8H15F2NO. The van der Waals surface area contributed by atoms with Gasteiger partial charge in [-0.3, -0.25) is 0 Å². The number of likely N-dealkylation sites (N-methyl/N-ethyl adjacent to an activating group) is 1. The molecule has 4 heteroatoms. The topological polar surface area (TPSA) is 12.5 Å². The predicted molar refractivity (Wildman–Crippen MR) is 42.5 cm³/mol. The summed E-state index contributed by atoms with van der Waals surface area (Å²) in [6.07, 6.45) is -1.39. The molecule has 0 N–H and O–H groups in total. The summed E-state index contributed by atoms with van der Waals surface area (Å²) in [4.78, 5) is 1.86. The van der Waals surface area contributed by atoms with Gasteiger partial charge in [0.1, 0.15) is 6.10 Å². The van der Waals surface area contributed by atoms with E-state index in [4.69, 9.17) is 4.74 Å². The molecule has 0 unspecified atom stereocenters. The molecule has 0 saturated carbocycles. The maximum atomic E-state index is 12.9. The lowest BCUT2D eigenvalue weighted by molar-refractivity contribution is -0.0655. The van der Waals surface area contributed by atoms with Gasteiger partial charge >= 0.3 is 0 Å². The molecule has 2 nitrogen and oxygen atoms in total. The molecule has 0 spiro atoms. The number of nitrogens with zero attached hydrogens (tertiary/aromatic N) is 1. The number of hydrogen-bond acceptors (Lipinski definition) is 2. The molecule has 0 bridgehead atoms. The lowest BCUT2D eigenvalue weighted by atomic mass is 10.1. The molecular weight excluding hydrogens is 164 g/mol. The normalized spacial score (nSPS) is 34.5. The Kier molecular flexibility index (Phi) is 2.68. The van der Waals surface area contributed by atoms with E-state index in [1.807, 2.05) is 19.0 Å². The van der Waals surface area contributed by atoms with Crippen molar-refractivity contribution in [1.29, 1.82) is 0 Å². The van der Waals surface area contributed by atoms with Crippen molar-refractivity contribution in [1.82, 2.24) is 4.90 Å². The van der Waals surface area contributed by atoms with E-state index in [0.29, 0.717) is 6.54 Å². The minimum atomic E-state index is -2.64. The summed E-state index contributed by atoms with van der Waals surface area (Å²) in [6, 6.07) is 0. The highest BCUT2D eigenvalue weighted by Gasteiger charge is 2.47. The van der Waals surface area contributed by atoms with Gasteiger partial charge in [-0.15, -0.1) is 0 Å². The highest BCUT2D eigenvalue weighted by Crippen LogP contribution is 2.35. The highest BCUT2D eigenvalue weighted by atomic mass is 19.3. The van der Waals surface area contributed by atoms with E-state index in [1.165, 1.54) is 6.92 Å². The largest absolute Gasteiger partial charge is 0.367 e. The summed E-state index contributed by atoms with van der Waals surface area (Å²) in [6.45, 7) is 2.00. The van der Waals surface area contributed by atoms with E-state index < -0.39 is 12.0 Å². The summed E-state index contributed by atoms with van der Waals surface area (Å²) < 4.78 is 30.9. The van der Waals surface area contributed by atoms with Gasteiger partial charge in [-0.1, -0.05) is 0 Å². The predicted octanol–water partition coefficient (Wildman–Crippen LogP) is 1.36. The number of alkyl halides is 2. The van der Waals surface area contributed by atoms with Crippen LogP contribution in [0.25, 0.3) is 0 Å². The van der Waals surface area contributed by atoms with Gasteiger partial charge in [0, 0.05) is 13.0 Å². The third kappa shape index (κ3) is 2.14. The fraction of sp³-hybridized carbons (Fsp3) is 1.00. The second-order valence-electron chi connectivity index (χ2n) is 3.63. The fourth-order valence-electron chi connectivity index (χ4n) is 1.42. The molecule has 12 heavy (non-hydrogen) atoms. The van der Waals surface area contributed by atoms with Crippen molar-refractivity contribution in [3.05, 3.63) is 0 Å². The Hall–Kier alpha value is -0.220. The van der Waals surface area contributed by atoms with Gasteiger partial charge in [-0.2, -0.15) is 0 Å². The molecule has 1 aliphatic rings. The minimum Gasteiger partial charge on any atom is -0.367 e. The molecule has 0 radical (unpaired) electrons. The van der Waals surface area contributed by atoms with E-state index >= 15 is 0 Å². The van der Waals surface area contributed by atoms with Gasteiger partial charge in [-0.05, 0) is 21.0 Å². The monoisotopic (exact) mass is 179 g/mol. The van der Waals surface area contributed by atoms with E-state index in [2.05, 4.69) is 0 Å². The van der Waals surface area contributed by atoms with E-state index in [9.17, 15) is 8.78 Å². The zero-order valence-corrected chi connectivity index (χ0v) is 7.68. The van der Waals surface area contributed by atoms with E-state index in [1.54, 1.807) is 0 Å². The van der Waals surface area contributed by atoms with Crippen LogP contribution in [0.5, 0.6) is 0 Å². The molecule has 1 heterocycles. The van der Waals surface area contributed by atoms with E-state index in [0.717, 1.165) is 0 Å². The molecule has 1 saturated heterocycles. The smallest absolute Gasteiger partial charge is 0.275 e. The van der Waals surface area contributed by atoms with Crippen LogP contribution in [0.2, 0.25) is 0 Å². The Morgan fingerprint density at radius 2 is 2.08 bits per heavy atom. The van der Waals surface area contributed by atoms with Crippen LogP contribution >= 0.6 is 0 Å². The van der Waals surface area contributed by atoms with Gasteiger partial charge in [0.05, 0.1) is 6.10 Å². The molecule has 1 aliphatic heterocycles. The Balaban J connectivity index is 2.44. The molecule has 72 valence electrons. The first-order valence-corrected chi connectivity index (χ1v) is 4.10. The van der Waals surface area contributed by atoms with Gasteiger partial charge in [0.15, 0.2) is 0 Å². The second-order valence-corrected chi connectivity index (χ2v) is 3.63. The summed E-state index contributed by atoms with van der Waals surface area (Å²) in [5.41, 5.74) is 0. The zero-order valence-electron chi connectivity index (χ0n) is 7.68. The third-order valence-corrected chi connectivity index (χ3v) is 2.06. The van der Waals surface area contributed by atoms with Crippen molar-refractivity contribution in [2.24, 2.45) is 0 Å². The average Bonchev–Trinajstić information content (AvgIpc) is 2.04. The summed E-state index contributed by atoms with van der Waals surface area (Å²) in [5, 5.41) is 0. The second kappa shape index (κ2) is 3.26. The first-order valence-electron chi connectivity index (χ1n) is 4.10. The number of halogens is 2. The van der Waals surface area contributed by atoms with Crippen LogP contribution in [0.4, 0.5) is 8.78 Å². The summed E-state index contributed by atoms with van der Waals surface area (Å²) in [7, 11) is 3.70. The average molecular weight is 179 g/mol. The molecule has 0 aromatic carbocycles. The standard InChI is InChI=1S/C8H15F2NO/c1-6-8(9,10)4-7(12-6)5-11(2)3/h6-7H,4-5H2,1-3H3/t6-,7-/m0/s1. The van der Waals surface area contributed by atoms with Gasteiger partial charge in [-0.25, -0.2) is 8.78 Å². The third-order valence-electron chi connectivity index (χ3n) is 2.06. The van der Waals surface area contributed by atoms with Crippen LogP contribution in [-0.2, 0) is 4.74 Å². The van der Waals surface area contributed by atoms with E-state index in [-0.39, 0.29) is 12.5 Å². The summed E-state index contributed by atoms with van der Waals surface area (Å²) >= 11 is 0. The molecule has 1 fully saturated rings. The van der Waals surface area contributed by atoms with Crippen LogP contribution in [0.15, 0.2) is 0 Å². The van der Waals surface area contributed by atoms with Gasteiger partial charge in [0.25, 0.3) is 5.92 Å². The van der Waals surface area contributed by atoms with Crippen molar-refractivity contribution in [2.45, 2.75) is 31.5 Å². The molecule has 1 rings (SSSR count). The van der Waals surface area contributed by atoms with Crippen LogP contribution in [0, 0.1) is 0 Å². The number of rotatable bonds is 2. The maximum absolute atomic E-state index is 12.9. The van der Waals surface area contributed by atoms with Crippen molar-refractivity contribution in [3.8, 4) is 0 Å². The first-order chi connectivity index (χ1) is 5.42. The van der Waals surface area contributed by atoms with Crippen LogP contribution in [0.1, 0.15) is 13.3 Å². The molecule has 0 aromatic heterocycles. The molecule has 0 aromatic rings. The molecule has 2 atom stereocenters. The Morgan fingerprint density at radius 3 is 2.42 bits per heavy atom. The zero-order chi connectivity index (χ0) is 9.35. The van der Waals surface area contributed by atoms with Crippen LogP contribution < -0.4 is 0 Å². The van der Waals surface area contributed by atoms with Gasteiger partial charge < -0.3 is 9.64 Å². The van der Waals surface area contributed by atoms with Crippen LogP contribution in [0.3, 0.4) is 0 Å². The Bertz CT molecular complexity index is 161. The van der Waals surface area contributed by atoms with Crippen molar-refractivity contribution >= 4 is 0 Å². The number of hydrogen-bond donors (Lipinski definition) is 0. The Morgan fingerprint density at radius 1 is 1.50 bits per heavy atom. The van der Waals surface area contributed by atoms with Gasteiger partial charge in [0.2, 0.25) is 0 Å². The quantitative estimate of drug-likeness (QED) is 0.634. The lowest BCUT2D eigenvalue weighted by Gasteiger charge is -2.14. The number of ether oxygens (including phenoxy) is 1. The Labute approximate surface area is 71.5 Å². The first kappa shape index (κ1) is 9.86. The molecule has 0 aliphatic carbocycles. The van der Waals surface area contributed by atoms with Crippen LogP contribution in [-0.4, -0.2) is 43.7 Å². The van der Waals surface area contributed by atoms with Crippen molar-refractivity contribution in [2.75, 3.05) is 20.6 Å². The van der Waals surface area contributed by atoms with Crippen molar-refractivity contribution in [3.63, 3.8) is 0 Å². The highest BCUT2D eigenvalue weighted by molar-refractivity contribution is 4.87. The maximum Gasteiger partial charge on any atom is 0.275 e. The van der Waals surface area contributed by atoms with Crippen molar-refractivity contribution < 1.29 is 13.5 Å². The SMILES string of the molecule is C[C@@H]1O[C@H](CN(C)C)CC1(F)F. The summed E-state index contributed by atoms with van der Waals surface area (Å²) in [5.74, 6) is -2.64. The fourth-order valence-corrected chi connectivity index (χ4v) is 1.42.